The Morgan fingerprint density at radius 3 is 2.20 bits per heavy atom. The maximum Gasteiger partial charge on any atom is 0.414 e. The van der Waals surface area contributed by atoms with E-state index in [2.05, 4.69) is 10.0 Å². The largest absolute Gasteiger partial charge is 0.443 e. The Morgan fingerprint density at radius 2 is 1.56 bits per heavy atom. The van der Waals surface area contributed by atoms with Gasteiger partial charge in [-0.1, -0.05) is 63.6 Å². The van der Waals surface area contributed by atoms with Gasteiger partial charge in [0.2, 0.25) is 5.91 Å². The fourth-order valence-electron chi connectivity index (χ4n) is 4.92. The Labute approximate surface area is 242 Å². The lowest BCUT2D eigenvalue weighted by molar-refractivity contribution is -0.124. The van der Waals surface area contributed by atoms with Crippen LogP contribution in [0.5, 0.6) is 0 Å². The first kappa shape index (κ1) is 30.1. The van der Waals surface area contributed by atoms with E-state index in [4.69, 9.17) is 4.74 Å². The maximum absolute atomic E-state index is 13.5. The molecule has 0 saturated heterocycles. The van der Waals surface area contributed by atoms with E-state index in [1.165, 1.54) is 4.90 Å². The van der Waals surface area contributed by atoms with Gasteiger partial charge in [-0.3, -0.25) is 14.4 Å². The molecule has 1 aliphatic rings. The Morgan fingerprint density at radius 1 is 0.927 bits per heavy atom. The first-order valence-corrected chi connectivity index (χ1v) is 15.3. The van der Waals surface area contributed by atoms with Crippen molar-refractivity contribution in [2.75, 3.05) is 16.6 Å². The van der Waals surface area contributed by atoms with E-state index in [0.717, 1.165) is 23.8 Å². The summed E-state index contributed by atoms with van der Waals surface area (Å²) >= 11 is 0. The van der Waals surface area contributed by atoms with Crippen molar-refractivity contribution < 1.29 is 22.7 Å². The molecule has 1 aliphatic heterocycles. The number of fused-ring (bicyclic) bond motifs is 1. The average molecular weight is 578 g/mol. The highest BCUT2D eigenvalue weighted by molar-refractivity contribution is 7.93. The second-order valence-electron chi connectivity index (χ2n) is 12.1. The highest BCUT2D eigenvalue weighted by atomic mass is 32.2. The molecular weight excluding hydrogens is 538 g/mol. The first-order chi connectivity index (χ1) is 19.2. The Kier molecular flexibility index (Phi) is 8.49. The molecule has 3 aromatic carbocycles. The number of carbonyl (C=O) groups excluding carboxylic acids is 2. The van der Waals surface area contributed by atoms with Gasteiger partial charge in [-0.2, -0.15) is 0 Å². The van der Waals surface area contributed by atoms with Gasteiger partial charge < -0.3 is 10.1 Å². The molecule has 0 fully saturated rings. The highest BCUT2D eigenvalue weighted by Crippen LogP contribution is 2.35. The van der Waals surface area contributed by atoms with Crippen LogP contribution in [0.15, 0.2) is 77.8 Å². The van der Waals surface area contributed by atoms with E-state index in [1.54, 1.807) is 54.7 Å². The smallest absolute Gasteiger partial charge is 0.414 e. The molecule has 41 heavy (non-hydrogen) atoms. The third-order valence-corrected chi connectivity index (χ3v) is 8.45. The van der Waals surface area contributed by atoms with Gasteiger partial charge in [0, 0.05) is 40.8 Å². The fraction of sp³-hybridized carbons (Fsp3) is 0.375. The predicted molar refractivity (Wildman–Crippen MR) is 163 cm³/mol. The molecule has 9 heteroatoms. The molecule has 0 bridgehead atoms. The number of hydrogen-bond acceptors (Lipinski definition) is 5. The summed E-state index contributed by atoms with van der Waals surface area (Å²) in [5.41, 5.74) is 0.814. The van der Waals surface area contributed by atoms with E-state index in [0.29, 0.717) is 23.3 Å². The van der Waals surface area contributed by atoms with E-state index in [9.17, 15) is 18.0 Å². The summed E-state index contributed by atoms with van der Waals surface area (Å²) < 4.78 is 35.2. The quantitative estimate of drug-likeness (QED) is 0.293. The molecule has 2 amide bonds. The van der Waals surface area contributed by atoms with Crippen LogP contribution in [-0.4, -0.2) is 37.5 Å². The zero-order valence-corrected chi connectivity index (χ0v) is 25.3. The third-order valence-electron chi connectivity index (χ3n) is 7.01. The molecule has 0 spiro atoms. The third kappa shape index (κ3) is 7.08. The highest BCUT2D eigenvalue weighted by Gasteiger charge is 2.29. The van der Waals surface area contributed by atoms with Crippen LogP contribution >= 0.6 is 0 Å². The normalized spacial score (nSPS) is 15.7. The number of carbonyl (C=O) groups is 2. The van der Waals surface area contributed by atoms with Crippen molar-refractivity contribution in [2.45, 2.75) is 70.8 Å². The van der Waals surface area contributed by atoms with Crippen molar-refractivity contribution in [1.82, 2.24) is 4.90 Å². The average Bonchev–Trinajstić information content (AvgIpc) is 3.38. The van der Waals surface area contributed by atoms with Crippen molar-refractivity contribution in [2.24, 2.45) is 5.41 Å². The SMILES string of the molecule is CCCC(C)(C)C(=O)Nc1ccc(NS(=O)(=O)c2ccc(C3C=CN(C(=O)OC(C)(C)C)C3)c3ccccc23)cc1. The number of rotatable bonds is 8. The summed E-state index contributed by atoms with van der Waals surface area (Å²) in [6, 6.07) is 17.4. The van der Waals surface area contributed by atoms with Crippen molar-refractivity contribution in [3.8, 4) is 0 Å². The number of nitrogens with one attached hydrogen (secondary N) is 2. The molecular formula is C32H39N3O5S. The summed E-state index contributed by atoms with van der Waals surface area (Å²) in [5, 5.41) is 4.29. The van der Waals surface area contributed by atoms with Crippen molar-refractivity contribution in [1.29, 1.82) is 0 Å². The van der Waals surface area contributed by atoms with Gasteiger partial charge in [0.05, 0.1) is 4.90 Å². The number of amides is 2. The van der Waals surface area contributed by atoms with Crippen molar-refractivity contribution >= 4 is 44.2 Å². The van der Waals surface area contributed by atoms with E-state index in [-0.39, 0.29) is 16.7 Å². The molecule has 0 aliphatic carbocycles. The summed E-state index contributed by atoms with van der Waals surface area (Å²) in [4.78, 5) is 26.9. The van der Waals surface area contributed by atoms with Gasteiger partial charge in [0.1, 0.15) is 5.60 Å². The minimum absolute atomic E-state index is 0.0782. The monoisotopic (exact) mass is 577 g/mol. The van der Waals surface area contributed by atoms with Crippen LogP contribution < -0.4 is 10.0 Å². The molecule has 0 aromatic heterocycles. The Balaban J connectivity index is 1.53. The van der Waals surface area contributed by atoms with Crippen LogP contribution in [0.4, 0.5) is 16.2 Å². The van der Waals surface area contributed by atoms with Crippen molar-refractivity contribution in [3.05, 3.63) is 78.5 Å². The molecule has 1 atom stereocenters. The van der Waals surface area contributed by atoms with Gasteiger partial charge in [0.25, 0.3) is 10.0 Å². The number of sulfonamides is 1. The molecule has 8 nitrogen and oxygen atoms in total. The second kappa shape index (κ2) is 11.6. The number of ether oxygens (including phenoxy) is 1. The molecule has 3 aromatic rings. The van der Waals surface area contributed by atoms with Crippen LogP contribution in [0.1, 0.15) is 65.9 Å². The van der Waals surface area contributed by atoms with Crippen molar-refractivity contribution in [3.63, 3.8) is 0 Å². The molecule has 1 heterocycles. The van der Waals surface area contributed by atoms with Gasteiger partial charge in [-0.05, 0) is 68.5 Å². The summed E-state index contributed by atoms with van der Waals surface area (Å²) in [6.45, 7) is 11.7. The van der Waals surface area contributed by atoms with Crippen LogP contribution in [0.25, 0.3) is 10.8 Å². The zero-order valence-electron chi connectivity index (χ0n) is 24.5. The molecule has 1 unspecified atom stereocenters. The fourth-order valence-corrected chi connectivity index (χ4v) is 6.19. The van der Waals surface area contributed by atoms with Gasteiger partial charge in [0.15, 0.2) is 0 Å². The lowest BCUT2D eigenvalue weighted by Crippen LogP contribution is -2.33. The minimum atomic E-state index is -3.93. The molecule has 4 rings (SSSR count). The first-order valence-electron chi connectivity index (χ1n) is 13.8. The van der Waals surface area contributed by atoms with Gasteiger partial charge >= 0.3 is 6.09 Å². The summed E-state index contributed by atoms with van der Waals surface area (Å²) in [5.74, 6) is -0.187. The standard InChI is InChI=1S/C32H39N3O5S/c1-7-19-32(5,6)29(36)33-23-12-14-24(15-13-23)34-41(38,39)28-17-16-25(26-10-8-9-11-27(26)28)22-18-20-35(21-22)30(37)40-31(2,3)4/h8-18,20,22,34H,7,19,21H2,1-6H3,(H,33,36). The number of anilines is 2. The second-order valence-corrected chi connectivity index (χ2v) is 13.7. The Bertz CT molecular complexity index is 1570. The maximum atomic E-state index is 13.5. The lowest BCUT2D eigenvalue weighted by atomic mass is 9.87. The van der Waals surface area contributed by atoms with Crippen LogP contribution in [0, 0.1) is 5.41 Å². The van der Waals surface area contributed by atoms with E-state index in [1.807, 2.05) is 59.8 Å². The molecule has 0 radical (unpaired) electrons. The summed E-state index contributed by atoms with van der Waals surface area (Å²) in [7, 11) is -3.93. The lowest BCUT2D eigenvalue weighted by Gasteiger charge is -2.24. The van der Waals surface area contributed by atoms with Crippen LogP contribution in [-0.2, 0) is 19.6 Å². The number of benzene rings is 3. The van der Waals surface area contributed by atoms with Gasteiger partial charge in [-0.15, -0.1) is 0 Å². The summed E-state index contributed by atoms with van der Waals surface area (Å²) in [6.07, 6.45) is 4.90. The van der Waals surface area contributed by atoms with E-state index < -0.39 is 27.1 Å². The Hall–Kier alpha value is -3.85. The molecule has 218 valence electrons. The van der Waals surface area contributed by atoms with Crippen LogP contribution in [0.3, 0.4) is 0 Å². The van der Waals surface area contributed by atoms with Gasteiger partial charge in [-0.25, -0.2) is 13.2 Å². The van der Waals surface area contributed by atoms with Crippen LogP contribution in [0.2, 0.25) is 0 Å². The topological polar surface area (TPSA) is 105 Å². The number of hydrogen-bond donors (Lipinski definition) is 2. The number of nitrogens with zero attached hydrogens (tertiary/aromatic N) is 1. The molecule has 2 N–H and O–H groups in total. The van der Waals surface area contributed by atoms with E-state index >= 15 is 0 Å². The predicted octanol–water partition coefficient (Wildman–Crippen LogP) is 7.25. The molecule has 0 saturated carbocycles. The minimum Gasteiger partial charge on any atom is -0.443 e. The zero-order chi connectivity index (χ0) is 30.0.